The van der Waals surface area contributed by atoms with E-state index in [-0.39, 0.29) is 0 Å². The minimum absolute atomic E-state index is 0.459. The maximum atomic E-state index is 4.52. The summed E-state index contributed by atoms with van der Waals surface area (Å²) < 4.78 is 2.01. The molecule has 0 aliphatic heterocycles. The molecule has 1 unspecified atom stereocenters. The van der Waals surface area contributed by atoms with Crippen molar-refractivity contribution in [3.63, 3.8) is 0 Å². The fourth-order valence-electron chi connectivity index (χ4n) is 2.15. The van der Waals surface area contributed by atoms with E-state index >= 15 is 0 Å². The van der Waals surface area contributed by atoms with Crippen LogP contribution in [0.1, 0.15) is 18.3 Å². The van der Waals surface area contributed by atoms with E-state index in [0.717, 1.165) is 18.6 Å². The SMILES string of the molecule is CCc1cc(CC(CSc2ccccc2)NC)n(C)n1. The second-order valence-electron chi connectivity index (χ2n) is 4.92. The number of aryl methyl sites for hydroxylation is 2. The topological polar surface area (TPSA) is 29.9 Å². The molecule has 4 heteroatoms. The van der Waals surface area contributed by atoms with Crippen molar-refractivity contribution in [1.29, 1.82) is 0 Å². The van der Waals surface area contributed by atoms with Gasteiger partial charge in [0.15, 0.2) is 0 Å². The van der Waals surface area contributed by atoms with Crippen LogP contribution in [0.25, 0.3) is 0 Å². The van der Waals surface area contributed by atoms with Gasteiger partial charge >= 0.3 is 0 Å². The molecule has 0 bridgehead atoms. The van der Waals surface area contributed by atoms with Crippen molar-refractivity contribution in [2.45, 2.75) is 30.7 Å². The van der Waals surface area contributed by atoms with Crippen LogP contribution < -0.4 is 5.32 Å². The second kappa shape index (κ2) is 7.50. The molecule has 20 heavy (non-hydrogen) atoms. The number of rotatable bonds is 7. The fourth-order valence-corrected chi connectivity index (χ4v) is 3.17. The average Bonchev–Trinajstić information content (AvgIpc) is 2.84. The highest BCUT2D eigenvalue weighted by Crippen LogP contribution is 2.19. The van der Waals surface area contributed by atoms with Crippen LogP contribution in [0.3, 0.4) is 0 Å². The standard InChI is InChI=1S/C16H23N3S/c1-4-13-10-15(19(3)18-13)11-14(17-2)12-20-16-8-6-5-7-9-16/h5-10,14,17H,4,11-12H2,1-3H3. The molecule has 1 atom stereocenters. The van der Waals surface area contributed by atoms with E-state index in [4.69, 9.17) is 0 Å². The van der Waals surface area contributed by atoms with E-state index in [9.17, 15) is 0 Å². The van der Waals surface area contributed by atoms with Gasteiger partial charge in [-0.25, -0.2) is 0 Å². The predicted octanol–water partition coefficient (Wildman–Crippen LogP) is 2.91. The van der Waals surface area contributed by atoms with Gasteiger partial charge in [0, 0.05) is 35.9 Å². The lowest BCUT2D eigenvalue weighted by Gasteiger charge is -2.15. The van der Waals surface area contributed by atoms with E-state index in [2.05, 4.69) is 53.7 Å². The number of hydrogen-bond donors (Lipinski definition) is 1. The van der Waals surface area contributed by atoms with E-state index in [1.165, 1.54) is 16.3 Å². The number of nitrogens with zero attached hydrogens (tertiary/aromatic N) is 2. The van der Waals surface area contributed by atoms with Crippen LogP contribution in [0.15, 0.2) is 41.3 Å². The Bertz CT molecular complexity index is 522. The molecule has 0 saturated heterocycles. The molecule has 0 saturated carbocycles. The number of benzene rings is 1. The zero-order chi connectivity index (χ0) is 14.4. The molecule has 2 aromatic rings. The van der Waals surface area contributed by atoms with E-state index < -0.39 is 0 Å². The lowest BCUT2D eigenvalue weighted by molar-refractivity contribution is 0.581. The first kappa shape index (κ1) is 15.1. The first-order valence-corrected chi connectivity index (χ1v) is 8.08. The predicted molar refractivity (Wildman–Crippen MR) is 86.3 cm³/mol. The Morgan fingerprint density at radius 1 is 1.30 bits per heavy atom. The van der Waals surface area contributed by atoms with Gasteiger partial charge in [-0.15, -0.1) is 11.8 Å². The van der Waals surface area contributed by atoms with Gasteiger partial charge in [-0.05, 0) is 31.7 Å². The van der Waals surface area contributed by atoms with Crippen molar-refractivity contribution < 1.29 is 0 Å². The highest BCUT2D eigenvalue weighted by Gasteiger charge is 2.12. The highest BCUT2D eigenvalue weighted by atomic mass is 32.2. The zero-order valence-corrected chi connectivity index (χ0v) is 13.3. The van der Waals surface area contributed by atoms with Gasteiger partial charge in [0.05, 0.1) is 5.69 Å². The Kier molecular flexibility index (Phi) is 5.68. The van der Waals surface area contributed by atoms with Crippen molar-refractivity contribution in [2.75, 3.05) is 12.8 Å². The number of likely N-dealkylation sites (N-methyl/N-ethyl adjacent to an activating group) is 1. The second-order valence-corrected chi connectivity index (χ2v) is 6.01. The highest BCUT2D eigenvalue weighted by molar-refractivity contribution is 7.99. The molecular formula is C16H23N3S. The Morgan fingerprint density at radius 3 is 2.65 bits per heavy atom. The minimum atomic E-state index is 0.459. The normalized spacial score (nSPS) is 12.6. The average molecular weight is 289 g/mol. The molecule has 0 spiro atoms. The summed E-state index contributed by atoms with van der Waals surface area (Å²) in [6, 6.07) is 13.2. The molecule has 108 valence electrons. The van der Waals surface area contributed by atoms with Crippen LogP contribution in [-0.2, 0) is 19.9 Å². The Labute approximate surface area is 125 Å². The van der Waals surface area contributed by atoms with Crippen molar-refractivity contribution in [3.05, 3.63) is 47.8 Å². The van der Waals surface area contributed by atoms with Gasteiger partial charge in [-0.3, -0.25) is 4.68 Å². The quantitative estimate of drug-likeness (QED) is 0.795. The molecule has 0 fully saturated rings. The Morgan fingerprint density at radius 2 is 2.05 bits per heavy atom. The number of hydrogen-bond acceptors (Lipinski definition) is 3. The molecule has 0 radical (unpaired) electrons. The van der Waals surface area contributed by atoms with Crippen molar-refractivity contribution >= 4 is 11.8 Å². The van der Waals surface area contributed by atoms with Gasteiger partial charge in [-0.1, -0.05) is 25.1 Å². The van der Waals surface area contributed by atoms with Gasteiger partial charge in [0.25, 0.3) is 0 Å². The fraction of sp³-hybridized carbons (Fsp3) is 0.438. The zero-order valence-electron chi connectivity index (χ0n) is 12.5. The summed E-state index contributed by atoms with van der Waals surface area (Å²) in [4.78, 5) is 1.33. The molecular weight excluding hydrogens is 266 g/mol. The molecule has 1 N–H and O–H groups in total. The van der Waals surface area contributed by atoms with Gasteiger partial charge in [0.2, 0.25) is 0 Å². The monoisotopic (exact) mass is 289 g/mol. The van der Waals surface area contributed by atoms with E-state index in [0.29, 0.717) is 6.04 Å². The van der Waals surface area contributed by atoms with Crippen LogP contribution in [0.4, 0.5) is 0 Å². The largest absolute Gasteiger partial charge is 0.316 e. The van der Waals surface area contributed by atoms with Gasteiger partial charge < -0.3 is 5.32 Å². The van der Waals surface area contributed by atoms with Gasteiger partial charge in [0.1, 0.15) is 0 Å². The minimum Gasteiger partial charge on any atom is -0.316 e. The lowest BCUT2D eigenvalue weighted by Crippen LogP contribution is -2.30. The maximum Gasteiger partial charge on any atom is 0.0624 e. The van der Waals surface area contributed by atoms with Gasteiger partial charge in [-0.2, -0.15) is 5.10 Å². The Balaban J connectivity index is 1.93. The van der Waals surface area contributed by atoms with E-state index in [1.807, 2.05) is 30.5 Å². The maximum absolute atomic E-state index is 4.52. The van der Waals surface area contributed by atoms with E-state index in [1.54, 1.807) is 0 Å². The number of aromatic nitrogens is 2. The summed E-state index contributed by atoms with van der Waals surface area (Å²) in [6.45, 7) is 2.15. The molecule has 0 aliphatic carbocycles. The first-order valence-electron chi connectivity index (χ1n) is 7.09. The van der Waals surface area contributed by atoms with Crippen molar-refractivity contribution in [3.8, 4) is 0 Å². The van der Waals surface area contributed by atoms with Crippen LogP contribution in [0.5, 0.6) is 0 Å². The number of nitrogens with one attached hydrogen (secondary N) is 1. The summed E-state index contributed by atoms with van der Waals surface area (Å²) in [5.74, 6) is 1.06. The smallest absolute Gasteiger partial charge is 0.0624 e. The first-order chi connectivity index (χ1) is 9.72. The van der Waals surface area contributed by atoms with Crippen LogP contribution >= 0.6 is 11.8 Å². The van der Waals surface area contributed by atoms with Crippen molar-refractivity contribution in [1.82, 2.24) is 15.1 Å². The molecule has 0 amide bonds. The summed E-state index contributed by atoms with van der Waals surface area (Å²) in [6.07, 6.45) is 2.01. The summed E-state index contributed by atoms with van der Waals surface area (Å²) in [7, 11) is 4.07. The Hall–Kier alpha value is -1.26. The van der Waals surface area contributed by atoms with Crippen LogP contribution in [-0.4, -0.2) is 28.6 Å². The summed E-state index contributed by atoms with van der Waals surface area (Å²) in [5, 5.41) is 7.93. The molecule has 2 rings (SSSR count). The number of thioether (sulfide) groups is 1. The third-order valence-corrected chi connectivity index (χ3v) is 4.62. The molecule has 0 aliphatic rings. The lowest BCUT2D eigenvalue weighted by atomic mass is 10.1. The summed E-state index contributed by atoms with van der Waals surface area (Å²) >= 11 is 1.90. The third-order valence-electron chi connectivity index (χ3n) is 3.45. The van der Waals surface area contributed by atoms with Crippen LogP contribution in [0.2, 0.25) is 0 Å². The molecule has 1 aromatic carbocycles. The molecule has 1 aromatic heterocycles. The third kappa shape index (κ3) is 4.12. The molecule has 3 nitrogen and oxygen atoms in total. The molecule has 1 heterocycles. The summed E-state index contributed by atoms with van der Waals surface area (Å²) in [5.41, 5.74) is 2.47. The van der Waals surface area contributed by atoms with Crippen molar-refractivity contribution in [2.24, 2.45) is 7.05 Å². The van der Waals surface area contributed by atoms with Crippen LogP contribution in [0, 0.1) is 0 Å².